The summed E-state index contributed by atoms with van der Waals surface area (Å²) in [5, 5.41) is 6.01. The summed E-state index contributed by atoms with van der Waals surface area (Å²) in [6.07, 6.45) is 1.79. The first-order valence-electron chi connectivity index (χ1n) is 11.9. The third-order valence-corrected chi connectivity index (χ3v) is 6.96. The summed E-state index contributed by atoms with van der Waals surface area (Å²) in [6.45, 7) is 0.378. The van der Waals surface area contributed by atoms with Gasteiger partial charge in [-0.1, -0.05) is 36.4 Å². The molecule has 0 aliphatic rings. The second kappa shape index (κ2) is 11.1. The first-order chi connectivity index (χ1) is 18.5. The average Bonchev–Trinajstić information content (AvgIpc) is 3.56. The van der Waals surface area contributed by atoms with Crippen molar-refractivity contribution in [2.45, 2.75) is 13.0 Å². The third-order valence-electron chi connectivity index (χ3n) is 5.85. The molecule has 5 aromatic rings. The largest absolute Gasteiger partial charge is 0.378 e. The maximum absolute atomic E-state index is 13.1. The lowest BCUT2D eigenvalue weighted by Crippen LogP contribution is -2.18. The molecule has 190 valence electrons. The number of nitrogens with two attached hydrogens (primary N) is 1. The first kappa shape index (κ1) is 24.8. The van der Waals surface area contributed by atoms with Crippen molar-refractivity contribution in [2.24, 2.45) is 5.73 Å². The molecule has 38 heavy (non-hydrogen) atoms. The normalized spacial score (nSPS) is 10.8. The molecule has 0 aliphatic carbocycles. The smallest absolute Gasteiger partial charge is 0.268 e. The van der Waals surface area contributed by atoms with Gasteiger partial charge in [0.05, 0.1) is 33.0 Å². The number of primary amides is 1. The zero-order chi connectivity index (χ0) is 26.5. The Balaban J connectivity index is 1.37. The Morgan fingerprint density at radius 2 is 1.76 bits per heavy atom. The maximum atomic E-state index is 13.1. The van der Waals surface area contributed by atoms with Gasteiger partial charge in [0, 0.05) is 30.4 Å². The zero-order valence-corrected chi connectivity index (χ0v) is 21.1. The van der Waals surface area contributed by atoms with E-state index in [1.165, 1.54) is 11.3 Å². The van der Waals surface area contributed by atoms with E-state index in [4.69, 9.17) is 5.73 Å². The summed E-state index contributed by atoms with van der Waals surface area (Å²) in [5.74, 6) is -0.511. The molecule has 2 amide bonds. The van der Waals surface area contributed by atoms with Crippen molar-refractivity contribution in [2.75, 3.05) is 17.2 Å². The molecule has 0 aliphatic heterocycles. The van der Waals surface area contributed by atoms with Crippen molar-refractivity contribution in [1.82, 2.24) is 14.5 Å². The highest BCUT2D eigenvalue weighted by Gasteiger charge is 2.17. The number of hydrogen-bond acceptors (Lipinski definition) is 7. The van der Waals surface area contributed by atoms with Gasteiger partial charge >= 0.3 is 0 Å². The van der Waals surface area contributed by atoms with Gasteiger partial charge in [-0.25, -0.2) is 4.98 Å². The molecule has 4 N–H and O–H groups in total. The van der Waals surface area contributed by atoms with Crippen molar-refractivity contribution < 1.29 is 14.4 Å². The standard InChI is InChI=1S/C28H24N6O3S/c29-26(36)13-15-34-22-10-9-19(31-17-23(35)18-6-2-1-3-7-18)16-21(22)32-28(34)33-27(37)25-12-11-24(38-25)20-8-4-5-14-30-20/h1-12,14,16,31H,13,15,17H2,(H2,29,36)(H,32,33,37). The number of benzene rings is 2. The van der Waals surface area contributed by atoms with Crippen LogP contribution in [0.1, 0.15) is 26.5 Å². The second-order valence-corrected chi connectivity index (χ2v) is 9.57. The Bertz CT molecular complexity index is 1610. The number of anilines is 2. The van der Waals surface area contributed by atoms with Gasteiger partial charge in [0.2, 0.25) is 11.9 Å². The molecule has 2 aromatic carbocycles. The minimum Gasteiger partial charge on any atom is -0.378 e. The molecule has 0 fully saturated rings. The number of amides is 2. The average molecular weight is 525 g/mol. The predicted octanol–water partition coefficient (Wildman–Crippen LogP) is 4.58. The Labute approximate surface area is 222 Å². The van der Waals surface area contributed by atoms with Gasteiger partial charge in [-0.15, -0.1) is 11.3 Å². The molecule has 0 radical (unpaired) electrons. The number of imidazole rings is 1. The number of pyridine rings is 1. The Morgan fingerprint density at radius 1 is 0.947 bits per heavy atom. The van der Waals surface area contributed by atoms with Gasteiger partial charge < -0.3 is 15.6 Å². The van der Waals surface area contributed by atoms with Crippen LogP contribution in [0.4, 0.5) is 11.6 Å². The number of carbonyl (C=O) groups excluding carboxylic acids is 3. The number of hydrogen-bond donors (Lipinski definition) is 3. The number of aromatic nitrogens is 3. The molecule has 10 heteroatoms. The molecule has 9 nitrogen and oxygen atoms in total. The van der Waals surface area contributed by atoms with Crippen molar-refractivity contribution in [3.63, 3.8) is 0 Å². The molecule has 5 rings (SSSR count). The number of nitrogens with zero attached hydrogens (tertiary/aromatic N) is 3. The topological polar surface area (TPSA) is 132 Å². The first-order valence-corrected chi connectivity index (χ1v) is 12.7. The van der Waals surface area contributed by atoms with Crippen molar-refractivity contribution in [1.29, 1.82) is 0 Å². The highest BCUT2D eigenvalue weighted by molar-refractivity contribution is 7.17. The van der Waals surface area contributed by atoms with Gasteiger partial charge in [-0.3, -0.25) is 24.7 Å². The quantitative estimate of drug-likeness (QED) is 0.229. The number of Topliss-reactive ketones (excluding diaryl/α,β-unsaturated/α-hetero) is 1. The van der Waals surface area contributed by atoms with E-state index in [0.29, 0.717) is 27.6 Å². The summed E-state index contributed by atoms with van der Waals surface area (Å²) in [6, 6.07) is 23.7. The van der Waals surface area contributed by atoms with E-state index >= 15 is 0 Å². The van der Waals surface area contributed by atoms with E-state index in [2.05, 4.69) is 20.6 Å². The fourth-order valence-electron chi connectivity index (χ4n) is 3.96. The van der Waals surface area contributed by atoms with Gasteiger partial charge in [-0.2, -0.15) is 0 Å². The Kier molecular flexibility index (Phi) is 7.23. The van der Waals surface area contributed by atoms with Crippen LogP contribution in [-0.2, 0) is 11.3 Å². The van der Waals surface area contributed by atoms with E-state index in [1.54, 1.807) is 35.0 Å². The predicted molar refractivity (Wildman–Crippen MR) is 148 cm³/mol. The molecule has 0 spiro atoms. The molecular formula is C28H24N6O3S. The number of aryl methyl sites for hydroxylation is 1. The maximum Gasteiger partial charge on any atom is 0.268 e. The van der Waals surface area contributed by atoms with Gasteiger partial charge in [0.25, 0.3) is 5.91 Å². The third kappa shape index (κ3) is 5.60. The minimum absolute atomic E-state index is 0.0355. The minimum atomic E-state index is -0.458. The Morgan fingerprint density at radius 3 is 2.53 bits per heavy atom. The van der Waals surface area contributed by atoms with Crippen LogP contribution in [0.25, 0.3) is 21.6 Å². The molecule has 0 unspecified atom stereocenters. The lowest BCUT2D eigenvalue weighted by atomic mass is 10.1. The van der Waals surface area contributed by atoms with E-state index in [1.807, 2.05) is 54.6 Å². The second-order valence-electron chi connectivity index (χ2n) is 8.48. The van der Waals surface area contributed by atoms with Crippen molar-refractivity contribution >= 4 is 51.6 Å². The number of nitrogens with one attached hydrogen (secondary N) is 2. The van der Waals surface area contributed by atoms with Crippen LogP contribution in [0, 0.1) is 0 Å². The van der Waals surface area contributed by atoms with E-state index in [0.717, 1.165) is 16.1 Å². The van der Waals surface area contributed by atoms with Gasteiger partial charge in [-0.05, 0) is 42.5 Å². The monoisotopic (exact) mass is 524 g/mol. The van der Waals surface area contributed by atoms with Crippen LogP contribution < -0.4 is 16.4 Å². The summed E-state index contributed by atoms with van der Waals surface area (Å²) >= 11 is 1.33. The molecular weight excluding hydrogens is 500 g/mol. The number of rotatable bonds is 10. The molecule has 0 saturated carbocycles. The van der Waals surface area contributed by atoms with E-state index in [9.17, 15) is 14.4 Å². The molecule has 0 atom stereocenters. The van der Waals surface area contributed by atoms with Crippen molar-refractivity contribution in [3.8, 4) is 10.6 Å². The highest BCUT2D eigenvalue weighted by atomic mass is 32.1. The highest BCUT2D eigenvalue weighted by Crippen LogP contribution is 2.28. The Hall–Kier alpha value is -4.83. The summed E-state index contributed by atoms with van der Waals surface area (Å²) in [7, 11) is 0. The van der Waals surface area contributed by atoms with Crippen LogP contribution in [0.3, 0.4) is 0 Å². The number of carbonyl (C=O) groups is 3. The summed E-state index contributed by atoms with van der Waals surface area (Å²) in [4.78, 5) is 47.4. The SMILES string of the molecule is NC(=O)CCn1c(NC(=O)c2ccc(-c3ccccn3)s2)nc2cc(NCC(=O)c3ccccc3)ccc21. The van der Waals surface area contributed by atoms with Crippen LogP contribution >= 0.6 is 11.3 Å². The van der Waals surface area contributed by atoms with E-state index in [-0.39, 0.29) is 31.2 Å². The van der Waals surface area contributed by atoms with Crippen LogP contribution in [0.15, 0.2) is 85.1 Å². The molecule has 3 aromatic heterocycles. The lowest BCUT2D eigenvalue weighted by Gasteiger charge is -2.09. The van der Waals surface area contributed by atoms with Gasteiger partial charge in [0.15, 0.2) is 5.78 Å². The molecule has 0 bridgehead atoms. The molecule has 3 heterocycles. The zero-order valence-electron chi connectivity index (χ0n) is 20.3. The summed E-state index contributed by atoms with van der Waals surface area (Å²) in [5.41, 5.74) is 8.83. The fourth-order valence-corrected chi connectivity index (χ4v) is 4.84. The fraction of sp³-hybridized carbons (Fsp3) is 0.107. The van der Waals surface area contributed by atoms with Crippen molar-refractivity contribution in [3.05, 3.63) is 95.5 Å². The lowest BCUT2D eigenvalue weighted by molar-refractivity contribution is -0.118. The molecule has 0 saturated heterocycles. The number of ketones is 1. The number of thiophene rings is 1. The number of fused-ring (bicyclic) bond motifs is 1. The van der Waals surface area contributed by atoms with Gasteiger partial charge in [0.1, 0.15) is 0 Å². The summed E-state index contributed by atoms with van der Waals surface area (Å²) < 4.78 is 1.75. The van der Waals surface area contributed by atoms with Crippen LogP contribution in [0.2, 0.25) is 0 Å². The van der Waals surface area contributed by atoms with E-state index < -0.39 is 5.91 Å². The van der Waals surface area contributed by atoms with Crippen LogP contribution in [-0.4, -0.2) is 38.7 Å². The van der Waals surface area contributed by atoms with Crippen LogP contribution in [0.5, 0.6) is 0 Å².